The first-order chi connectivity index (χ1) is 8.56. The van der Waals surface area contributed by atoms with Gasteiger partial charge in [-0.3, -0.25) is 0 Å². The first-order valence-corrected chi connectivity index (χ1v) is 7.38. The van der Waals surface area contributed by atoms with Gasteiger partial charge in [0.2, 0.25) is 0 Å². The van der Waals surface area contributed by atoms with Gasteiger partial charge in [0.1, 0.15) is 10.8 Å². The largest absolute Gasteiger partial charge is 0.389 e. The molecule has 0 saturated carbocycles. The molecule has 0 fully saturated rings. The lowest BCUT2D eigenvalue weighted by atomic mass is 10.2. The molecule has 0 atom stereocenters. The topological polar surface area (TPSA) is 50.9 Å². The van der Waals surface area contributed by atoms with E-state index in [0.717, 1.165) is 28.1 Å². The van der Waals surface area contributed by atoms with E-state index in [-0.39, 0.29) is 0 Å². The molecule has 3 N–H and O–H groups in total. The second kappa shape index (κ2) is 5.77. The summed E-state index contributed by atoms with van der Waals surface area (Å²) in [6.45, 7) is 2.65. The molecule has 94 valence electrons. The van der Waals surface area contributed by atoms with Crippen LogP contribution in [0.4, 0.5) is 5.82 Å². The smallest absolute Gasteiger partial charge is 0.127 e. The zero-order chi connectivity index (χ0) is 13.1. The van der Waals surface area contributed by atoms with Crippen molar-refractivity contribution in [2.75, 3.05) is 5.32 Å². The average Bonchev–Trinajstić information content (AvgIpc) is 2.71. The number of anilines is 1. The molecular weight excluding hydrogens is 330 g/mol. The molecule has 2 heterocycles. The molecule has 0 aliphatic heterocycles. The van der Waals surface area contributed by atoms with Gasteiger partial charge in [-0.05, 0) is 46.4 Å². The SMILES string of the molecule is Cc1cc(C(N)=S)cc(NCc2sccc2Br)n1. The number of nitrogens with two attached hydrogens (primary N) is 1. The van der Waals surface area contributed by atoms with Crippen LogP contribution >= 0.6 is 39.5 Å². The van der Waals surface area contributed by atoms with Crippen molar-refractivity contribution < 1.29 is 0 Å². The summed E-state index contributed by atoms with van der Waals surface area (Å²) in [4.78, 5) is 6.03. The van der Waals surface area contributed by atoms with Gasteiger partial charge in [0.15, 0.2) is 0 Å². The first-order valence-electron chi connectivity index (χ1n) is 5.30. The predicted octanol–water partition coefficient (Wildman–Crippen LogP) is 3.46. The minimum Gasteiger partial charge on any atom is -0.389 e. The van der Waals surface area contributed by atoms with Gasteiger partial charge in [0.25, 0.3) is 0 Å². The third-order valence-electron chi connectivity index (χ3n) is 2.36. The van der Waals surface area contributed by atoms with Gasteiger partial charge in [-0.2, -0.15) is 0 Å². The predicted molar refractivity (Wildman–Crippen MR) is 84.2 cm³/mol. The Kier molecular flexibility index (Phi) is 4.31. The van der Waals surface area contributed by atoms with Crippen molar-refractivity contribution in [2.24, 2.45) is 5.73 Å². The number of nitrogens with zero attached hydrogens (tertiary/aromatic N) is 1. The summed E-state index contributed by atoms with van der Waals surface area (Å²) < 4.78 is 1.11. The number of thiocarbonyl (C=S) groups is 1. The molecule has 0 bridgehead atoms. The second-order valence-electron chi connectivity index (χ2n) is 3.79. The van der Waals surface area contributed by atoms with E-state index in [1.165, 1.54) is 4.88 Å². The van der Waals surface area contributed by atoms with Crippen LogP contribution < -0.4 is 11.1 Å². The highest BCUT2D eigenvalue weighted by atomic mass is 79.9. The fraction of sp³-hybridized carbons (Fsp3) is 0.167. The van der Waals surface area contributed by atoms with Gasteiger partial charge < -0.3 is 11.1 Å². The molecule has 0 spiro atoms. The van der Waals surface area contributed by atoms with Crippen molar-refractivity contribution in [3.05, 3.63) is 44.2 Å². The Morgan fingerprint density at radius 3 is 2.94 bits per heavy atom. The fourth-order valence-electron chi connectivity index (χ4n) is 1.52. The summed E-state index contributed by atoms with van der Waals surface area (Å²) in [5.74, 6) is 0.790. The molecule has 0 radical (unpaired) electrons. The highest BCUT2D eigenvalue weighted by Gasteiger charge is 2.04. The Labute approximate surface area is 124 Å². The molecule has 0 aliphatic rings. The lowest BCUT2D eigenvalue weighted by Crippen LogP contribution is -2.11. The summed E-state index contributed by atoms with van der Waals surface area (Å²) in [5.41, 5.74) is 7.37. The van der Waals surface area contributed by atoms with Crippen molar-refractivity contribution in [3.8, 4) is 0 Å². The van der Waals surface area contributed by atoms with Crippen molar-refractivity contribution in [1.82, 2.24) is 4.98 Å². The van der Waals surface area contributed by atoms with E-state index >= 15 is 0 Å². The summed E-state index contributed by atoms with van der Waals surface area (Å²) in [6.07, 6.45) is 0. The van der Waals surface area contributed by atoms with Crippen LogP contribution in [0.3, 0.4) is 0 Å². The van der Waals surface area contributed by atoms with Crippen LogP contribution in [0.15, 0.2) is 28.1 Å². The van der Waals surface area contributed by atoms with E-state index in [1.54, 1.807) is 11.3 Å². The zero-order valence-electron chi connectivity index (χ0n) is 9.74. The zero-order valence-corrected chi connectivity index (χ0v) is 13.0. The van der Waals surface area contributed by atoms with Gasteiger partial charge in [-0.15, -0.1) is 11.3 Å². The molecule has 3 nitrogen and oxygen atoms in total. The van der Waals surface area contributed by atoms with E-state index < -0.39 is 0 Å². The summed E-state index contributed by atoms with van der Waals surface area (Å²) in [6, 6.07) is 5.79. The van der Waals surface area contributed by atoms with E-state index in [9.17, 15) is 0 Å². The molecule has 0 aliphatic carbocycles. The molecule has 2 aromatic rings. The van der Waals surface area contributed by atoms with Gasteiger partial charge in [-0.25, -0.2) is 4.98 Å². The number of halogens is 1. The molecule has 0 saturated heterocycles. The molecule has 0 aromatic carbocycles. The third kappa shape index (κ3) is 3.28. The monoisotopic (exact) mass is 341 g/mol. The first kappa shape index (κ1) is 13.5. The minimum absolute atomic E-state index is 0.390. The number of hydrogen-bond donors (Lipinski definition) is 2. The minimum atomic E-state index is 0.390. The number of rotatable bonds is 4. The van der Waals surface area contributed by atoms with Crippen molar-refractivity contribution in [2.45, 2.75) is 13.5 Å². The normalized spacial score (nSPS) is 10.3. The highest BCUT2D eigenvalue weighted by molar-refractivity contribution is 9.10. The molecular formula is C12H12BrN3S2. The van der Waals surface area contributed by atoms with Crippen LogP contribution in [0, 0.1) is 6.92 Å². The number of thiophene rings is 1. The standard InChI is InChI=1S/C12H12BrN3S2/c1-7-4-8(12(14)17)5-11(16-7)15-6-10-9(13)2-3-18-10/h2-5H,6H2,1H3,(H2,14,17)(H,15,16). The van der Waals surface area contributed by atoms with E-state index in [2.05, 4.69) is 26.2 Å². The Balaban J connectivity index is 2.14. The summed E-state index contributed by atoms with van der Waals surface area (Å²) >= 11 is 10.2. The van der Waals surface area contributed by atoms with Crippen LogP contribution in [0.1, 0.15) is 16.1 Å². The summed E-state index contributed by atoms with van der Waals surface area (Å²) in [5, 5.41) is 5.32. The maximum absolute atomic E-state index is 5.64. The lowest BCUT2D eigenvalue weighted by molar-refractivity contribution is 1.10. The Morgan fingerprint density at radius 1 is 1.56 bits per heavy atom. The molecule has 6 heteroatoms. The van der Waals surface area contributed by atoms with Crippen LogP contribution in [0.25, 0.3) is 0 Å². The third-order valence-corrected chi connectivity index (χ3v) is 4.52. The second-order valence-corrected chi connectivity index (χ2v) is 6.09. The number of hydrogen-bond acceptors (Lipinski definition) is 4. The highest BCUT2D eigenvalue weighted by Crippen LogP contribution is 2.23. The van der Waals surface area contributed by atoms with E-state index in [4.69, 9.17) is 18.0 Å². The van der Waals surface area contributed by atoms with Gasteiger partial charge >= 0.3 is 0 Å². The van der Waals surface area contributed by atoms with Crippen LogP contribution in [-0.2, 0) is 6.54 Å². The number of aryl methyl sites for hydroxylation is 1. The lowest BCUT2D eigenvalue weighted by Gasteiger charge is -2.08. The Hall–Kier alpha value is -0.980. The van der Waals surface area contributed by atoms with Crippen molar-refractivity contribution in [1.29, 1.82) is 0 Å². The Morgan fingerprint density at radius 2 is 2.33 bits per heavy atom. The maximum atomic E-state index is 5.64. The van der Waals surface area contributed by atoms with Gasteiger partial charge in [0, 0.05) is 20.6 Å². The number of pyridine rings is 1. The van der Waals surface area contributed by atoms with E-state index in [1.807, 2.05) is 30.5 Å². The number of aromatic nitrogens is 1. The number of nitrogens with one attached hydrogen (secondary N) is 1. The molecule has 0 unspecified atom stereocenters. The average molecular weight is 342 g/mol. The van der Waals surface area contributed by atoms with Crippen LogP contribution in [-0.4, -0.2) is 9.97 Å². The van der Waals surface area contributed by atoms with Crippen molar-refractivity contribution in [3.63, 3.8) is 0 Å². The molecule has 0 amide bonds. The van der Waals surface area contributed by atoms with Gasteiger partial charge in [-0.1, -0.05) is 12.2 Å². The maximum Gasteiger partial charge on any atom is 0.127 e. The van der Waals surface area contributed by atoms with Crippen LogP contribution in [0.2, 0.25) is 0 Å². The van der Waals surface area contributed by atoms with Gasteiger partial charge in [0.05, 0.1) is 6.54 Å². The van der Waals surface area contributed by atoms with Crippen molar-refractivity contribution >= 4 is 50.3 Å². The van der Waals surface area contributed by atoms with Crippen LogP contribution in [0.5, 0.6) is 0 Å². The molecule has 2 aromatic heterocycles. The quantitative estimate of drug-likeness (QED) is 0.836. The molecule has 2 rings (SSSR count). The summed E-state index contributed by atoms with van der Waals surface area (Å²) in [7, 11) is 0. The Bertz CT molecular complexity index is 580. The van der Waals surface area contributed by atoms with E-state index in [0.29, 0.717) is 4.99 Å². The fourth-order valence-corrected chi connectivity index (χ4v) is 3.07. The molecule has 18 heavy (non-hydrogen) atoms.